The summed E-state index contributed by atoms with van der Waals surface area (Å²) in [4.78, 5) is 14.5. The smallest absolute Gasteiger partial charge is 0.253 e. The maximum atomic E-state index is 12.6. The SMILES string of the molecule is COc1cc(C(=O)N(CCCN)CC(C)C)ccc1C. The van der Waals surface area contributed by atoms with Gasteiger partial charge in [-0.05, 0) is 43.5 Å². The summed E-state index contributed by atoms with van der Waals surface area (Å²) >= 11 is 0. The number of carbonyl (C=O) groups is 1. The van der Waals surface area contributed by atoms with E-state index in [2.05, 4.69) is 13.8 Å². The molecule has 0 aliphatic rings. The number of nitrogens with zero attached hydrogens (tertiary/aromatic N) is 1. The first-order chi connectivity index (χ1) is 9.49. The summed E-state index contributed by atoms with van der Waals surface area (Å²) in [5.74, 6) is 1.23. The van der Waals surface area contributed by atoms with E-state index in [1.807, 2.05) is 30.0 Å². The molecule has 4 heteroatoms. The first-order valence-electron chi connectivity index (χ1n) is 7.13. The average molecular weight is 278 g/mol. The number of rotatable bonds is 7. The average Bonchev–Trinajstić information content (AvgIpc) is 2.42. The van der Waals surface area contributed by atoms with Gasteiger partial charge in [-0.1, -0.05) is 19.9 Å². The van der Waals surface area contributed by atoms with E-state index in [1.54, 1.807) is 7.11 Å². The molecular weight excluding hydrogens is 252 g/mol. The van der Waals surface area contributed by atoms with E-state index in [9.17, 15) is 4.79 Å². The summed E-state index contributed by atoms with van der Waals surface area (Å²) in [5.41, 5.74) is 7.25. The van der Waals surface area contributed by atoms with Crippen molar-refractivity contribution >= 4 is 5.91 Å². The predicted octanol–water partition coefficient (Wildman–Crippen LogP) is 2.45. The number of aryl methyl sites for hydroxylation is 1. The normalized spacial score (nSPS) is 10.7. The van der Waals surface area contributed by atoms with Crippen molar-refractivity contribution in [3.8, 4) is 5.75 Å². The lowest BCUT2D eigenvalue weighted by Crippen LogP contribution is -2.35. The summed E-state index contributed by atoms with van der Waals surface area (Å²) in [6.45, 7) is 8.22. The third-order valence-corrected chi connectivity index (χ3v) is 3.16. The predicted molar refractivity (Wildman–Crippen MR) is 82.1 cm³/mol. The minimum atomic E-state index is 0.0467. The van der Waals surface area contributed by atoms with E-state index in [1.165, 1.54) is 0 Å². The second-order valence-corrected chi connectivity index (χ2v) is 5.47. The number of nitrogens with two attached hydrogens (primary N) is 1. The standard InChI is InChI=1S/C16H26N2O2/c1-12(2)11-18(9-5-8-17)16(19)14-7-6-13(3)15(10-14)20-4/h6-7,10,12H,5,8-9,11,17H2,1-4H3. The first kappa shape index (κ1) is 16.5. The van der Waals surface area contributed by atoms with Crippen LogP contribution < -0.4 is 10.5 Å². The largest absolute Gasteiger partial charge is 0.496 e. The third kappa shape index (κ3) is 4.53. The molecule has 112 valence electrons. The number of amides is 1. The van der Waals surface area contributed by atoms with Gasteiger partial charge in [-0.3, -0.25) is 4.79 Å². The van der Waals surface area contributed by atoms with Gasteiger partial charge in [-0.15, -0.1) is 0 Å². The second kappa shape index (κ2) is 7.90. The molecule has 1 aromatic rings. The van der Waals surface area contributed by atoms with E-state index in [-0.39, 0.29) is 5.91 Å². The summed E-state index contributed by atoms with van der Waals surface area (Å²) in [7, 11) is 1.62. The van der Waals surface area contributed by atoms with Crippen molar-refractivity contribution in [1.82, 2.24) is 4.90 Å². The molecule has 4 nitrogen and oxygen atoms in total. The Morgan fingerprint density at radius 1 is 1.40 bits per heavy atom. The Morgan fingerprint density at radius 3 is 2.65 bits per heavy atom. The van der Waals surface area contributed by atoms with Crippen molar-refractivity contribution in [2.75, 3.05) is 26.7 Å². The molecule has 0 heterocycles. The summed E-state index contributed by atoms with van der Waals surface area (Å²) < 4.78 is 5.29. The van der Waals surface area contributed by atoms with Crippen LogP contribution in [0.2, 0.25) is 0 Å². The minimum absolute atomic E-state index is 0.0467. The Kier molecular flexibility index (Phi) is 6.52. The van der Waals surface area contributed by atoms with Gasteiger partial charge in [-0.2, -0.15) is 0 Å². The molecule has 0 saturated heterocycles. The van der Waals surface area contributed by atoms with Gasteiger partial charge in [0, 0.05) is 18.7 Å². The number of methoxy groups -OCH3 is 1. The van der Waals surface area contributed by atoms with Crippen LogP contribution in [0.3, 0.4) is 0 Å². The summed E-state index contributed by atoms with van der Waals surface area (Å²) in [6.07, 6.45) is 0.821. The van der Waals surface area contributed by atoms with Gasteiger partial charge in [0.05, 0.1) is 7.11 Å². The Morgan fingerprint density at radius 2 is 2.10 bits per heavy atom. The second-order valence-electron chi connectivity index (χ2n) is 5.47. The lowest BCUT2D eigenvalue weighted by molar-refractivity contribution is 0.0735. The molecular formula is C16H26N2O2. The molecule has 0 aliphatic carbocycles. The quantitative estimate of drug-likeness (QED) is 0.833. The number of hydrogen-bond donors (Lipinski definition) is 1. The van der Waals surface area contributed by atoms with E-state index < -0.39 is 0 Å². The molecule has 0 fully saturated rings. The Hall–Kier alpha value is -1.55. The molecule has 0 atom stereocenters. The van der Waals surface area contributed by atoms with Crippen LogP contribution in [0.25, 0.3) is 0 Å². The molecule has 0 saturated carbocycles. The molecule has 0 radical (unpaired) electrons. The van der Waals surface area contributed by atoms with Crippen LogP contribution in [0.4, 0.5) is 0 Å². The maximum Gasteiger partial charge on any atom is 0.253 e. The highest BCUT2D eigenvalue weighted by Crippen LogP contribution is 2.20. The zero-order valence-electron chi connectivity index (χ0n) is 13.0. The van der Waals surface area contributed by atoms with Crippen LogP contribution in [-0.4, -0.2) is 37.6 Å². The van der Waals surface area contributed by atoms with Crippen LogP contribution in [-0.2, 0) is 0 Å². The molecule has 0 bridgehead atoms. The van der Waals surface area contributed by atoms with Crippen LogP contribution >= 0.6 is 0 Å². The van der Waals surface area contributed by atoms with Crippen molar-refractivity contribution < 1.29 is 9.53 Å². The monoisotopic (exact) mass is 278 g/mol. The fourth-order valence-corrected chi connectivity index (χ4v) is 2.13. The first-order valence-corrected chi connectivity index (χ1v) is 7.13. The van der Waals surface area contributed by atoms with Crippen molar-refractivity contribution in [1.29, 1.82) is 0 Å². The van der Waals surface area contributed by atoms with Crippen molar-refractivity contribution in [2.45, 2.75) is 27.2 Å². The number of hydrogen-bond acceptors (Lipinski definition) is 3. The molecule has 1 amide bonds. The van der Waals surface area contributed by atoms with E-state index in [4.69, 9.17) is 10.5 Å². The third-order valence-electron chi connectivity index (χ3n) is 3.16. The Balaban J connectivity index is 2.92. The number of ether oxygens (including phenoxy) is 1. The van der Waals surface area contributed by atoms with Crippen LogP contribution in [0.15, 0.2) is 18.2 Å². The molecule has 1 aromatic carbocycles. The summed E-state index contributed by atoms with van der Waals surface area (Å²) in [6, 6.07) is 5.59. The van der Waals surface area contributed by atoms with Crippen molar-refractivity contribution in [3.63, 3.8) is 0 Å². The van der Waals surface area contributed by atoms with Gasteiger partial charge in [0.15, 0.2) is 0 Å². The Bertz CT molecular complexity index is 444. The molecule has 1 rings (SSSR count). The topological polar surface area (TPSA) is 55.6 Å². The number of benzene rings is 1. The molecule has 2 N–H and O–H groups in total. The zero-order valence-corrected chi connectivity index (χ0v) is 13.0. The molecule has 0 aliphatic heterocycles. The highest BCUT2D eigenvalue weighted by Gasteiger charge is 2.17. The molecule has 0 aromatic heterocycles. The van der Waals surface area contributed by atoms with E-state index in [0.717, 1.165) is 24.3 Å². The lowest BCUT2D eigenvalue weighted by Gasteiger charge is -2.25. The van der Waals surface area contributed by atoms with E-state index >= 15 is 0 Å². The Labute approximate surface area is 121 Å². The van der Waals surface area contributed by atoms with Gasteiger partial charge in [0.1, 0.15) is 5.75 Å². The fourth-order valence-electron chi connectivity index (χ4n) is 2.13. The van der Waals surface area contributed by atoms with Gasteiger partial charge in [-0.25, -0.2) is 0 Å². The van der Waals surface area contributed by atoms with E-state index in [0.29, 0.717) is 24.6 Å². The lowest BCUT2D eigenvalue weighted by atomic mass is 10.1. The van der Waals surface area contributed by atoms with Crippen LogP contribution in [0, 0.1) is 12.8 Å². The van der Waals surface area contributed by atoms with Crippen LogP contribution in [0.5, 0.6) is 5.75 Å². The van der Waals surface area contributed by atoms with Gasteiger partial charge >= 0.3 is 0 Å². The van der Waals surface area contributed by atoms with Crippen molar-refractivity contribution in [3.05, 3.63) is 29.3 Å². The van der Waals surface area contributed by atoms with Gasteiger partial charge in [0.25, 0.3) is 5.91 Å². The fraction of sp³-hybridized carbons (Fsp3) is 0.562. The van der Waals surface area contributed by atoms with Crippen molar-refractivity contribution in [2.24, 2.45) is 11.7 Å². The molecule has 0 spiro atoms. The molecule has 0 unspecified atom stereocenters. The highest BCUT2D eigenvalue weighted by atomic mass is 16.5. The number of carbonyl (C=O) groups excluding carboxylic acids is 1. The van der Waals surface area contributed by atoms with Gasteiger partial charge in [0.2, 0.25) is 0 Å². The zero-order chi connectivity index (χ0) is 15.1. The van der Waals surface area contributed by atoms with Crippen LogP contribution in [0.1, 0.15) is 36.2 Å². The van der Waals surface area contributed by atoms with Gasteiger partial charge < -0.3 is 15.4 Å². The minimum Gasteiger partial charge on any atom is -0.496 e. The maximum absolute atomic E-state index is 12.6. The summed E-state index contributed by atoms with van der Waals surface area (Å²) in [5, 5.41) is 0. The molecule has 20 heavy (non-hydrogen) atoms. The highest BCUT2D eigenvalue weighted by molar-refractivity contribution is 5.94.